The first-order valence-corrected chi connectivity index (χ1v) is 12.0. The maximum Gasteiger partial charge on any atom is 0.294 e. The third-order valence-corrected chi connectivity index (χ3v) is 6.80. The molecule has 0 unspecified atom stereocenters. The van der Waals surface area contributed by atoms with Crippen molar-refractivity contribution in [2.75, 3.05) is 26.2 Å². The Hall–Kier alpha value is -2.99. The first-order valence-electron chi connectivity index (χ1n) is 12.0. The normalized spacial score (nSPS) is 19.4. The molecule has 0 spiro atoms. The molecule has 0 bridgehead atoms. The van der Waals surface area contributed by atoms with E-state index in [1.807, 2.05) is 12.1 Å². The summed E-state index contributed by atoms with van der Waals surface area (Å²) in [5.74, 6) is -0.311. The van der Waals surface area contributed by atoms with E-state index in [-0.39, 0.29) is 11.9 Å². The van der Waals surface area contributed by atoms with Gasteiger partial charge in [0.1, 0.15) is 0 Å². The van der Waals surface area contributed by atoms with Crippen molar-refractivity contribution in [3.63, 3.8) is 0 Å². The number of likely N-dealkylation sites (tertiary alicyclic amines) is 2. The third kappa shape index (κ3) is 6.51. The Kier molecular flexibility index (Phi) is 7.89. The highest BCUT2D eigenvalue weighted by molar-refractivity contribution is 6.42. The van der Waals surface area contributed by atoms with Crippen molar-refractivity contribution >= 4 is 17.6 Å². The molecule has 1 atom stereocenters. The predicted molar refractivity (Wildman–Crippen MR) is 128 cm³/mol. The van der Waals surface area contributed by atoms with E-state index < -0.39 is 11.7 Å². The quantitative estimate of drug-likeness (QED) is 0.498. The molecule has 2 amide bonds. The first-order chi connectivity index (χ1) is 16.1. The van der Waals surface area contributed by atoms with Gasteiger partial charge in [0, 0.05) is 50.7 Å². The molecule has 2 aliphatic heterocycles. The number of ketones is 1. The molecule has 6 nitrogen and oxygen atoms in total. The lowest BCUT2D eigenvalue weighted by Crippen LogP contribution is -2.42. The molecule has 2 saturated heterocycles. The van der Waals surface area contributed by atoms with Crippen molar-refractivity contribution in [1.29, 1.82) is 0 Å². The summed E-state index contributed by atoms with van der Waals surface area (Å²) < 4.78 is 0. The second-order valence-corrected chi connectivity index (χ2v) is 9.24. The van der Waals surface area contributed by atoms with Gasteiger partial charge in [-0.2, -0.15) is 0 Å². The summed E-state index contributed by atoms with van der Waals surface area (Å²) in [7, 11) is 0. The number of carbonyl (C=O) groups is 3. The lowest BCUT2D eigenvalue weighted by molar-refractivity contribution is -0.128. The molecule has 1 N–H and O–H groups in total. The van der Waals surface area contributed by atoms with Crippen molar-refractivity contribution in [2.45, 2.75) is 44.7 Å². The Bertz CT molecular complexity index is 940. The monoisotopic (exact) mass is 447 g/mol. The van der Waals surface area contributed by atoms with Crippen LogP contribution in [0.2, 0.25) is 0 Å². The Morgan fingerprint density at radius 2 is 1.52 bits per heavy atom. The molecule has 6 heteroatoms. The molecule has 0 aliphatic carbocycles. The number of amides is 2. The molecule has 2 aromatic carbocycles. The van der Waals surface area contributed by atoms with Crippen LogP contribution in [0.1, 0.15) is 48.0 Å². The fourth-order valence-electron chi connectivity index (χ4n) is 4.85. The molecule has 2 aliphatic rings. The van der Waals surface area contributed by atoms with Crippen molar-refractivity contribution in [3.8, 4) is 0 Å². The summed E-state index contributed by atoms with van der Waals surface area (Å²) in [5.41, 5.74) is 1.75. The number of nitrogens with zero attached hydrogens (tertiary/aromatic N) is 2. The zero-order valence-corrected chi connectivity index (χ0v) is 19.1. The van der Waals surface area contributed by atoms with Crippen molar-refractivity contribution < 1.29 is 14.4 Å². The van der Waals surface area contributed by atoms with Crippen LogP contribution in [0, 0.1) is 5.92 Å². The fraction of sp³-hybridized carbons (Fsp3) is 0.444. The van der Waals surface area contributed by atoms with Crippen molar-refractivity contribution in [1.82, 2.24) is 15.1 Å². The lowest BCUT2D eigenvalue weighted by atomic mass is 9.91. The zero-order valence-electron chi connectivity index (χ0n) is 19.1. The topological polar surface area (TPSA) is 69.7 Å². The summed E-state index contributed by atoms with van der Waals surface area (Å²) in [4.78, 5) is 41.4. The van der Waals surface area contributed by atoms with Crippen LogP contribution in [0.3, 0.4) is 0 Å². The number of carbonyl (C=O) groups excluding carboxylic acids is 3. The van der Waals surface area contributed by atoms with Crippen LogP contribution < -0.4 is 5.32 Å². The number of Topliss-reactive ketones (excluding diaryl/α,β-unsaturated/α-hetero) is 1. The van der Waals surface area contributed by atoms with E-state index in [1.54, 1.807) is 29.2 Å². The number of hydrogen-bond donors (Lipinski definition) is 1. The molecule has 2 fully saturated rings. The summed E-state index contributed by atoms with van der Waals surface area (Å²) in [6.45, 7) is 4.00. The number of hydrogen-bond acceptors (Lipinski definition) is 4. The highest BCUT2D eigenvalue weighted by atomic mass is 16.2. The molecule has 4 rings (SSSR count). The molecule has 0 saturated carbocycles. The lowest BCUT2D eigenvalue weighted by Gasteiger charge is -2.31. The maximum absolute atomic E-state index is 12.5. The minimum Gasteiger partial charge on any atom is -0.352 e. The number of nitrogens with one attached hydrogen (secondary N) is 1. The van der Waals surface area contributed by atoms with E-state index in [9.17, 15) is 14.4 Å². The number of rotatable bonds is 8. The Balaban J connectivity index is 1.13. The minimum atomic E-state index is -0.439. The highest BCUT2D eigenvalue weighted by Gasteiger charge is 2.28. The van der Waals surface area contributed by atoms with Crippen LogP contribution in [0.5, 0.6) is 0 Å². The highest BCUT2D eigenvalue weighted by Crippen LogP contribution is 2.23. The van der Waals surface area contributed by atoms with Gasteiger partial charge in [-0.05, 0) is 37.2 Å². The molecule has 33 heavy (non-hydrogen) atoms. The molecule has 2 aromatic rings. The van der Waals surface area contributed by atoms with Gasteiger partial charge in [0.15, 0.2) is 0 Å². The van der Waals surface area contributed by atoms with Crippen LogP contribution in [-0.4, -0.2) is 59.6 Å². The summed E-state index contributed by atoms with van der Waals surface area (Å²) in [5, 5.41) is 3.20. The van der Waals surface area contributed by atoms with E-state index in [1.165, 1.54) is 5.56 Å². The molecule has 0 aromatic heterocycles. The summed E-state index contributed by atoms with van der Waals surface area (Å²) in [6, 6.07) is 19.4. The Morgan fingerprint density at radius 1 is 0.848 bits per heavy atom. The van der Waals surface area contributed by atoms with Crippen LogP contribution in [-0.2, 0) is 16.1 Å². The summed E-state index contributed by atoms with van der Waals surface area (Å²) in [6.07, 6.45) is 4.04. The van der Waals surface area contributed by atoms with Gasteiger partial charge in [0.2, 0.25) is 11.7 Å². The first kappa shape index (κ1) is 23.2. The average Bonchev–Trinajstić information content (AvgIpc) is 3.29. The van der Waals surface area contributed by atoms with Gasteiger partial charge in [0.25, 0.3) is 5.91 Å². The van der Waals surface area contributed by atoms with E-state index in [2.05, 4.69) is 34.5 Å². The Morgan fingerprint density at radius 3 is 2.21 bits per heavy atom. The predicted octanol–water partition coefficient (Wildman–Crippen LogP) is 3.28. The minimum absolute atomic E-state index is 0.124. The molecular weight excluding hydrogens is 414 g/mol. The number of benzene rings is 2. The zero-order chi connectivity index (χ0) is 23.0. The SMILES string of the molecule is O=C(CCC1CCN(C(=O)C(=O)c2ccccc2)CC1)N[C@@H]1CCN(Cc2ccccc2)C1. The van der Waals surface area contributed by atoms with Gasteiger partial charge < -0.3 is 10.2 Å². The van der Waals surface area contributed by atoms with E-state index in [0.717, 1.165) is 45.3 Å². The maximum atomic E-state index is 12.5. The van der Waals surface area contributed by atoms with Crippen LogP contribution in [0.15, 0.2) is 60.7 Å². The molecule has 174 valence electrons. The third-order valence-electron chi connectivity index (χ3n) is 6.80. The number of piperidine rings is 1. The van der Waals surface area contributed by atoms with Gasteiger partial charge in [0.05, 0.1) is 0 Å². The van der Waals surface area contributed by atoms with Gasteiger partial charge in [-0.3, -0.25) is 19.3 Å². The molecule has 2 heterocycles. The van der Waals surface area contributed by atoms with E-state index in [0.29, 0.717) is 31.0 Å². The van der Waals surface area contributed by atoms with E-state index in [4.69, 9.17) is 0 Å². The molecular formula is C27H33N3O3. The molecule has 0 radical (unpaired) electrons. The fourth-order valence-corrected chi connectivity index (χ4v) is 4.85. The standard InChI is InChI=1S/C27H33N3O3/c31-25(28-24-15-16-29(20-24)19-22-7-3-1-4-8-22)12-11-21-13-17-30(18-14-21)27(33)26(32)23-9-5-2-6-10-23/h1-10,21,24H,11-20H2,(H,28,31)/t24-/m1/s1. The van der Waals surface area contributed by atoms with Gasteiger partial charge >= 0.3 is 0 Å². The van der Waals surface area contributed by atoms with Crippen LogP contribution >= 0.6 is 0 Å². The largest absolute Gasteiger partial charge is 0.352 e. The summed E-state index contributed by atoms with van der Waals surface area (Å²) >= 11 is 0. The smallest absolute Gasteiger partial charge is 0.294 e. The van der Waals surface area contributed by atoms with Crippen molar-refractivity contribution in [3.05, 3.63) is 71.8 Å². The average molecular weight is 448 g/mol. The Labute approximate surface area is 196 Å². The van der Waals surface area contributed by atoms with Gasteiger partial charge in [-0.25, -0.2) is 0 Å². The second-order valence-electron chi connectivity index (χ2n) is 9.24. The second kappa shape index (κ2) is 11.2. The van der Waals surface area contributed by atoms with Gasteiger partial charge in [-0.15, -0.1) is 0 Å². The van der Waals surface area contributed by atoms with Gasteiger partial charge in [-0.1, -0.05) is 60.7 Å². The van der Waals surface area contributed by atoms with Crippen molar-refractivity contribution in [2.24, 2.45) is 5.92 Å². The van der Waals surface area contributed by atoms with Crippen LogP contribution in [0.25, 0.3) is 0 Å². The van der Waals surface area contributed by atoms with E-state index >= 15 is 0 Å². The van der Waals surface area contributed by atoms with Crippen LogP contribution in [0.4, 0.5) is 0 Å².